The van der Waals surface area contributed by atoms with Crippen molar-refractivity contribution in [1.29, 1.82) is 5.41 Å². The van der Waals surface area contributed by atoms with Gasteiger partial charge in [-0.15, -0.1) is 0 Å². The molecule has 4 rings (SSSR count). The van der Waals surface area contributed by atoms with Crippen molar-refractivity contribution in [2.75, 3.05) is 37.7 Å². The Balaban J connectivity index is 1.73. The highest BCUT2D eigenvalue weighted by Gasteiger charge is 2.19. The number of allylic oxidation sites excluding steroid dienone is 1. The van der Waals surface area contributed by atoms with Crippen LogP contribution in [0.25, 0.3) is 11.1 Å². The zero-order chi connectivity index (χ0) is 23.9. The Morgan fingerprint density at radius 1 is 0.794 bits per heavy atom. The maximum absolute atomic E-state index is 9.86. The second-order valence-corrected chi connectivity index (χ2v) is 8.50. The molecule has 176 valence electrons. The lowest BCUT2D eigenvalue weighted by atomic mass is 9.87. The van der Waals surface area contributed by atoms with Gasteiger partial charge in [0, 0.05) is 38.5 Å². The second-order valence-electron chi connectivity index (χ2n) is 8.50. The number of anilines is 1. The number of aromatic hydroxyl groups is 1. The first-order chi connectivity index (χ1) is 16.6. The fourth-order valence-corrected chi connectivity index (χ4v) is 4.50. The molecule has 0 bridgehead atoms. The molecule has 0 radical (unpaired) electrons. The van der Waals surface area contributed by atoms with E-state index in [1.807, 2.05) is 35.2 Å². The third-order valence-electron chi connectivity index (χ3n) is 6.31. The van der Waals surface area contributed by atoms with Gasteiger partial charge in [0.2, 0.25) is 0 Å². The molecule has 5 N–H and O–H groups in total. The highest BCUT2D eigenvalue weighted by atomic mass is 16.3. The smallest absolute Gasteiger partial charge is 0.188 e. The lowest BCUT2D eigenvalue weighted by Crippen LogP contribution is -2.50. The molecule has 1 saturated heterocycles. The standard InChI is InChI=1S/C28H32N4O2/c29-28(30)32-18-16-31(17-19-32)24-12-8-22(9-13-24)27(23-10-14-25(34)15-11-23)26(7-4-20-33)21-5-2-1-3-6-21/h1-3,5-6,8-15,33-34H,4,7,16-20H2,(H3,29,30). The largest absolute Gasteiger partial charge is 0.508 e. The lowest BCUT2D eigenvalue weighted by Gasteiger charge is -2.36. The molecule has 0 unspecified atom stereocenters. The minimum absolute atomic E-state index is 0.129. The number of aliphatic hydroxyl groups excluding tert-OH is 1. The average molecular weight is 457 g/mol. The first-order valence-electron chi connectivity index (χ1n) is 11.7. The van der Waals surface area contributed by atoms with Crippen molar-refractivity contribution in [1.82, 2.24) is 4.90 Å². The van der Waals surface area contributed by atoms with E-state index in [9.17, 15) is 10.2 Å². The maximum atomic E-state index is 9.86. The number of rotatable bonds is 7. The second kappa shape index (κ2) is 10.9. The number of benzene rings is 3. The Labute approximate surface area is 201 Å². The van der Waals surface area contributed by atoms with Crippen LogP contribution in [-0.4, -0.2) is 53.9 Å². The van der Waals surface area contributed by atoms with E-state index in [4.69, 9.17) is 11.1 Å². The predicted molar refractivity (Wildman–Crippen MR) is 139 cm³/mol. The normalized spacial score (nSPS) is 14.6. The molecular weight excluding hydrogens is 424 g/mol. The molecule has 6 heteroatoms. The molecule has 0 spiro atoms. The first kappa shape index (κ1) is 23.4. The van der Waals surface area contributed by atoms with E-state index in [2.05, 4.69) is 41.3 Å². The average Bonchev–Trinajstić information content (AvgIpc) is 2.88. The monoisotopic (exact) mass is 456 g/mol. The summed E-state index contributed by atoms with van der Waals surface area (Å²) in [7, 11) is 0. The van der Waals surface area contributed by atoms with Gasteiger partial charge >= 0.3 is 0 Å². The van der Waals surface area contributed by atoms with Gasteiger partial charge in [-0.05, 0) is 64.9 Å². The molecule has 0 saturated carbocycles. The number of guanidine groups is 1. The van der Waals surface area contributed by atoms with Crippen molar-refractivity contribution in [2.45, 2.75) is 12.8 Å². The van der Waals surface area contributed by atoms with Gasteiger partial charge in [0.25, 0.3) is 0 Å². The minimum atomic E-state index is 0.129. The zero-order valence-electron chi connectivity index (χ0n) is 19.3. The van der Waals surface area contributed by atoms with Crippen LogP contribution in [0.4, 0.5) is 5.69 Å². The molecule has 0 aliphatic carbocycles. The molecule has 0 atom stereocenters. The molecule has 1 fully saturated rings. The van der Waals surface area contributed by atoms with Crippen LogP contribution in [0.2, 0.25) is 0 Å². The van der Waals surface area contributed by atoms with E-state index in [1.165, 1.54) is 5.57 Å². The highest BCUT2D eigenvalue weighted by Crippen LogP contribution is 2.36. The summed E-state index contributed by atoms with van der Waals surface area (Å²) in [5.41, 5.74) is 12.3. The Morgan fingerprint density at radius 2 is 1.38 bits per heavy atom. The summed E-state index contributed by atoms with van der Waals surface area (Å²) in [6.45, 7) is 3.27. The van der Waals surface area contributed by atoms with Gasteiger partial charge < -0.3 is 25.7 Å². The van der Waals surface area contributed by atoms with Gasteiger partial charge in [0.1, 0.15) is 5.75 Å². The lowest BCUT2D eigenvalue weighted by molar-refractivity contribution is 0.290. The Bertz CT molecular complexity index is 1120. The van der Waals surface area contributed by atoms with Crippen LogP contribution in [0, 0.1) is 5.41 Å². The van der Waals surface area contributed by atoms with E-state index in [0.717, 1.165) is 60.6 Å². The molecule has 6 nitrogen and oxygen atoms in total. The van der Waals surface area contributed by atoms with Crippen molar-refractivity contribution in [3.63, 3.8) is 0 Å². The van der Waals surface area contributed by atoms with Crippen molar-refractivity contribution >= 4 is 22.8 Å². The van der Waals surface area contributed by atoms with E-state index < -0.39 is 0 Å². The fraction of sp³-hybridized carbons (Fsp3) is 0.250. The van der Waals surface area contributed by atoms with Crippen LogP contribution in [0.5, 0.6) is 5.75 Å². The van der Waals surface area contributed by atoms with Crippen LogP contribution in [0.3, 0.4) is 0 Å². The molecule has 34 heavy (non-hydrogen) atoms. The number of piperazine rings is 1. The molecule has 0 amide bonds. The third-order valence-corrected chi connectivity index (χ3v) is 6.31. The van der Waals surface area contributed by atoms with Crippen LogP contribution in [0.1, 0.15) is 29.5 Å². The Kier molecular flexibility index (Phi) is 7.50. The van der Waals surface area contributed by atoms with Crippen LogP contribution >= 0.6 is 0 Å². The summed E-state index contributed by atoms with van der Waals surface area (Å²) in [5.74, 6) is 0.370. The third kappa shape index (κ3) is 5.41. The van der Waals surface area contributed by atoms with E-state index >= 15 is 0 Å². The van der Waals surface area contributed by atoms with Crippen LogP contribution in [0.15, 0.2) is 78.9 Å². The summed E-state index contributed by atoms with van der Waals surface area (Å²) in [4.78, 5) is 4.21. The van der Waals surface area contributed by atoms with Gasteiger partial charge in [-0.1, -0.05) is 54.6 Å². The predicted octanol–water partition coefficient (Wildman–Crippen LogP) is 4.14. The van der Waals surface area contributed by atoms with E-state index in [1.54, 1.807) is 12.1 Å². The van der Waals surface area contributed by atoms with E-state index in [0.29, 0.717) is 6.42 Å². The number of hydrogen-bond donors (Lipinski definition) is 4. The molecule has 1 aliphatic rings. The summed E-state index contributed by atoms with van der Waals surface area (Å²) in [5, 5.41) is 27.1. The molecule has 1 heterocycles. The van der Waals surface area contributed by atoms with Crippen molar-refractivity contribution < 1.29 is 10.2 Å². The summed E-state index contributed by atoms with van der Waals surface area (Å²) in [6, 6.07) is 26.2. The zero-order valence-corrected chi connectivity index (χ0v) is 19.3. The van der Waals surface area contributed by atoms with Crippen LogP contribution < -0.4 is 10.6 Å². The highest BCUT2D eigenvalue weighted by molar-refractivity contribution is 5.98. The SMILES string of the molecule is N=C(N)N1CCN(c2ccc(C(=C(CCCO)c3ccccc3)c3ccc(O)cc3)cc2)CC1. The minimum Gasteiger partial charge on any atom is -0.508 e. The Morgan fingerprint density at radius 3 is 1.94 bits per heavy atom. The van der Waals surface area contributed by atoms with E-state index in [-0.39, 0.29) is 18.3 Å². The van der Waals surface area contributed by atoms with Gasteiger partial charge in [-0.2, -0.15) is 0 Å². The number of nitrogens with zero attached hydrogens (tertiary/aromatic N) is 2. The van der Waals surface area contributed by atoms with Crippen molar-refractivity contribution in [3.05, 3.63) is 95.6 Å². The van der Waals surface area contributed by atoms with Gasteiger partial charge in [0.15, 0.2) is 5.96 Å². The first-order valence-corrected chi connectivity index (χ1v) is 11.7. The van der Waals surface area contributed by atoms with Gasteiger partial charge in [-0.3, -0.25) is 5.41 Å². The summed E-state index contributed by atoms with van der Waals surface area (Å²) >= 11 is 0. The number of phenols is 1. The quantitative estimate of drug-likeness (QED) is 0.243. The number of aliphatic hydroxyl groups is 1. The summed E-state index contributed by atoms with van der Waals surface area (Å²) in [6.07, 6.45) is 1.41. The van der Waals surface area contributed by atoms with Crippen molar-refractivity contribution in [3.8, 4) is 5.75 Å². The molecule has 3 aromatic carbocycles. The molecule has 3 aromatic rings. The maximum Gasteiger partial charge on any atom is 0.188 e. The fourth-order valence-electron chi connectivity index (χ4n) is 4.50. The number of hydrogen-bond acceptors (Lipinski definition) is 4. The summed E-state index contributed by atoms with van der Waals surface area (Å²) < 4.78 is 0. The molecule has 1 aliphatic heterocycles. The number of nitrogens with one attached hydrogen (secondary N) is 1. The molecular formula is C28H32N4O2. The number of phenolic OH excluding ortho intramolecular Hbond substituents is 1. The van der Waals surface area contributed by atoms with Gasteiger partial charge in [0.05, 0.1) is 0 Å². The van der Waals surface area contributed by atoms with Crippen LogP contribution in [-0.2, 0) is 0 Å². The Hall–Kier alpha value is -3.77. The molecule has 0 aromatic heterocycles. The number of nitrogens with two attached hydrogens (primary N) is 1. The van der Waals surface area contributed by atoms with Crippen molar-refractivity contribution in [2.24, 2.45) is 5.73 Å². The topological polar surface area (TPSA) is 96.8 Å². The van der Waals surface area contributed by atoms with Gasteiger partial charge in [-0.25, -0.2) is 0 Å².